The van der Waals surface area contributed by atoms with Gasteiger partial charge >= 0.3 is 0 Å². The van der Waals surface area contributed by atoms with Crippen molar-refractivity contribution in [2.45, 2.75) is 12.8 Å². The van der Waals surface area contributed by atoms with Crippen LogP contribution in [0.25, 0.3) is 4.48 Å². The summed E-state index contributed by atoms with van der Waals surface area (Å²) in [5, 5.41) is 0. The molecule has 0 saturated carbocycles. The largest absolute Gasteiger partial charge is 0.351 e. The molecule has 1 saturated heterocycles. The molecule has 1 aliphatic rings. The van der Waals surface area contributed by atoms with Crippen molar-refractivity contribution >= 4 is 34.1 Å². The van der Waals surface area contributed by atoms with Crippen LogP contribution in [0.4, 0.5) is 4.79 Å². The number of hydrogen-bond acceptors (Lipinski definition) is 1. The van der Waals surface area contributed by atoms with E-state index < -0.39 is 0 Å². The Hall–Kier alpha value is -1.03. The maximum Gasteiger partial charge on any atom is 0.215 e. The van der Waals surface area contributed by atoms with Gasteiger partial charge in [0.05, 0.1) is 0 Å². The minimum atomic E-state index is 0.180. The van der Waals surface area contributed by atoms with Crippen LogP contribution in [-0.4, -0.2) is 31.6 Å². The molecule has 0 bridgehead atoms. The molecule has 0 atom stereocenters. The Morgan fingerprint density at radius 1 is 1.18 bits per heavy atom. The van der Waals surface area contributed by atoms with E-state index in [4.69, 9.17) is 0 Å². The van der Waals surface area contributed by atoms with Gasteiger partial charge in [-0.15, -0.1) is 0 Å². The molecule has 2 nitrogen and oxygen atoms in total. The molecule has 1 aromatic rings. The first kappa shape index (κ1) is 12.4. The average Bonchev–Trinajstić information content (AvgIpc) is 2.39. The summed E-state index contributed by atoms with van der Waals surface area (Å²) in [4.78, 5) is 13.2. The first-order valence-electron chi connectivity index (χ1n) is 5.87. The van der Waals surface area contributed by atoms with Crippen LogP contribution in [0.1, 0.15) is 18.4 Å². The zero-order valence-corrected chi connectivity index (χ0v) is 11.5. The summed E-state index contributed by atoms with van der Waals surface area (Å²) in [6.07, 6.45) is 1.93. The third-order valence-electron chi connectivity index (χ3n) is 3.15. The Labute approximate surface area is 111 Å². The lowest BCUT2D eigenvalue weighted by Crippen LogP contribution is -2.35. The molecule has 1 heterocycles. The molecule has 1 aliphatic heterocycles. The van der Waals surface area contributed by atoms with E-state index in [1.165, 1.54) is 15.6 Å². The van der Waals surface area contributed by atoms with Crippen molar-refractivity contribution in [3.05, 3.63) is 41.5 Å². The van der Waals surface area contributed by atoms with Gasteiger partial charge in [-0.2, -0.15) is 0 Å². The Morgan fingerprint density at radius 3 is 2.29 bits per heavy atom. The van der Waals surface area contributed by atoms with Crippen molar-refractivity contribution in [2.75, 3.05) is 13.1 Å². The molecule has 0 unspecified atom stereocenters. The number of hydrogen-bond donors (Lipinski definition) is 0. The maximum atomic E-state index is 11.2. The zero-order chi connectivity index (χ0) is 12.3. The van der Waals surface area contributed by atoms with Crippen LogP contribution in [0.3, 0.4) is 0 Å². The van der Waals surface area contributed by atoms with Crippen LogP contribution in [0.2, 0.25) is 0 Å². The van der Waals surface area contributed by atoms with E-state index >= 15 is 0 Å². The molecule has 1 aromatic carbocycles. The number of halogens is 1. The van der Waals surface area contributed by atoms with Crippen LogP contribution < -0.4 is 0 Å². The summed E-state index contributed by atoms with van der Waals surface area (Å²) in [7, 11) is 1.64. The summed E-state index contributed by atoms with van der Waals surface area (Å²) in [6, 6.07) is 10.3. The second kappa shape index (κ2) is 5.54. The second-order valence-corrected chi connectivity index (χ2v) is 5.08. The fourth-order valence-electron chi connectivity index (χ4n) is 2.10. The van der Waals surface area contributed by atoms with E-state index in [9.17, 15) is 4.79 Å². The highest BCUT2D eigenvalue weighted by Crippen LogP contribution is 2.30. The van der Waals surface area contributed by atoms with Crippen molar-refractivity contribution in [1.29, 1.82) is 0 Å². The van der Waals surface area contributed by atoms with Crippen molar-refractivity contribution in [3.8, 4) is 0 Å². The zero-order valence-electron chi connectivity index (χ0n) is 9.95. The topological polar surface area (TPSA) is 20.3 Å². The van der Waals surface area contributed by atoms with Gasteiger partial charge in [0.2, 0.25) is 7.85 Å². The van der Waals surface area contributed by atoms with Gasteiger partial charge in [0.15, 0.2) is 5.81 Å². The van der Waals surface area contributed by atoms with Crippen molar-refractivity contribution in [1.82, 2.24) is 4.90 Å². The number of rotatable bonds is 1. The lowest BCUT2D eigenvalue weighted by molar-refractivity contribution is 0.217. The molecule has 2 rings (SSSR count). The normalized spacial score (nSPS) is 15.8. The lowest BCUT2D eigenvalue weighted by atomic mass is 9.98. The monoisotopic (exact) mass is 291 g/mol. The predicted molar refractivity (Wildman–Crippen MR) is 77.0 cm³/mol. The second-order valence-electron chi connectivity index (χ2n) is 4.29. The quantitative estimate of drug-likeness (QED) is 0.729. The van der Waals surface area contributed by atoms with Gasteiger partial charge < -0.3 is 4.90 Å². The molecule has 88 valence electrons. The molecule has 17 heavy (non-hydrogen) atoms. The Balaban J connectivity index is 2.11. The van der Waals surface area contributed by atoms with E-state index in [-0.39, 0.29) is 5.81 Å². The van der Waals surface area contributed by atoms with Crippen LogP contribution in [-0.2, 0) is 0 Å². The van der Waals surface area contributed by atoms with Crippen molar-refractivity contribution in [2.24, 2.45) is 0 Å². The van der Waals surface area contributed by atoms with E-state index in [2.05, 4.69) is 28.1 Å². The first-order valence-corrected chi connectivity index (χ1v) is 6.66. The summed E-state index contributed by atoms with van der Waals surface area (Å²) >= 11 is 3.68. The molecule has 0 aliphatic carbocycles. The molecule has 4 heteroatoms. The first-order chi connectivity index (χ1) is 8.18. The molecule has 0 aromatic heterocycles. The fourth-order valence-corrected chi connectivity index (χ4v) is 2.76. The van der Waals surface area contributed by atoms with Crippen LogP contribution in [0.5, 0.6) is 0 Å². The molecule has 0 radical (unpaired) electrons. The summed E-state index contributed by atoms with van der Waals surface area (Å²) in [5.41, 5.74) is 2.63. The highest BCUT2D eigenvalue weighted by atomic mass is 79.9. The van der Waals surface area contributed by atoms with Crippen LogP contribution in [0.15, 0.2) is 35.9 Å². The number of likely N-dealkylation sites (tertiary alicyclic amines) is 1. The number of amides is 1. The van der Waals surface area contributed by atoms with Crippen molar-refractivity contribution in [3.63, 3.8) is 0 Å². The van der Waals surface area contributed by atoms with Gasteiger partial charge in [0.25, 0.3) is 0 Å². The predicted octanol–water partition coefficient (Wildman–Crippen LogP) is 2.64. The van der Waals surface area contributed by atoms with Gasteiger partial charge in [-0.3, -0.25) is 4.79 Å². The van der Waals surface area contributed by atoms with E-state index in [1.807, 2.05) is 23.1 Å². The van der Waals surface area contributed by atoms with E-state index in [1.54, 1.807) is 7.85 Å². The third-order valence-corrected chi connectivity index (χ3v) is 4.17. The van der Waals surface area contributed by atoms with Crippen LogP contribution in [0, 0.1) is 0 Å². The average molecular weight is 292 g/mol. The number of nitrogens with zero attached hydrogens (tertiary/aromatic N) is 1. The molecular weight excluding hydrogens is 277 g/mol. The molecular formula is C13H15BBrNO. The number of piperidine rings is 1. The van der Waals surface area contributed by atoms with Gasteiger partial charge in [-0.25, -0.2) is 0 Å². The molecule has 0 N–H and O–H groups in total. The molecule has 0 spiro atoms. The minimum Gasteiger partial charge on any atom is -0.351 e. The van der Waals surface area contributed by atoms with Gasteiger partial charge in [0, 0.05) is 17.6 Å². The van der Waals surface area contributed by atoms with Gasteiger partial charge in [0.1, 0.15) is 0 Å². The standard InChI is InChI=1S/C13H15BBrNO/c14-13(17)16-8-6-11(7-9-16)12(15)10-4-2-1-3-5-10/h1-5H,6-9,14H2. The van der Waals surface area contributed by atoms with E-state index in [0.717, 1.165) is 25.9 Å². The smallest absolute Gasteiger partial charge is 0.215 e. The Kier molecular flexibility index (Phi) is 4.05. The minimum absolute atomic E-state index is 0.180. The number of benzene rings is 1. The maximum absolute atomic E-state index is 11.2. The summed E-state index contributed by atoms with van der Waals surface area (Å²) in [6.45, 7) is 1.68. The summed E-state index contributed by atoms with van der Waals surface area (Å²) < 4.78 is 1.20. The molecule has 1 amide bonds. The number of carbonyl (C=O) groups excluding carboxylic acids is 1. The Morgan fingerprint density at radius 2 is 1.76 bits per heavy atom. The highest BCUT2D eigenvalue weighted by Gasteiger charge is 2.17. The highest BCUT2D eigenvalue weighted by molar-refractivity contribution is 9.15. The van der Waals surface area contributed by atoms with Gasteiger partial charge in [-0.05, 0) is 18.4 Å². The SMILES string of the molecule is BC(=O)N1CCC(=C(Br)c2ccccc2)CC1. The number of carbonyl (C=O) groups is 1. The van der Waals surface area contributed by atoms with Crippen LogP contribution >= 0.6 is 15.9 Å². The third kappa shape index (κ3) is 3.00. The molecule has 1 fully saturated rings. The Bertz CT molecular complexity index is 434. The van der Waals surface area contributed by atoms with E-state index in [0.29, 0.717) is 0 Å². The van der Waals surface area contributed by atoms with Gasteiger partial charge in [-0.1, -0.05) is 51.8 Å². The summed E-state index contributed by atoms with van der Waals surface area (Å²) in [5.74, 6) is 0.180. The lowest BCUT2D eigenvalue weighted by Gasteiger charge is -2.28. The fraction of sp³-hybridized carbons (Fsp3) is 0.308. The van der Waals surface area contributed by atoms with Crippen molar-refractivity contribution < 1.29 is 4.79 Å².